The van der Waals surface area contributed by atoms with E-state index in [-0.39, 0.29) is 36.0 Å². The predicted molar refractivity (Wildman–Crippen MR) is 121 cm³/mol. The highest BCUT2D eigenvalue weighted by atomic mass is 16.5. The van der Waals surface area contributed by atoms with Crippen LogP contribution >= 0.6 is 0 Å². The van der Waals surface area contributed by atoms with Crippen molar-refractivity contribution in [1.29, 1.82) is 0 Å². The lowest BCUT2D eigenvalue weighted by Gasteiger charge is -2.38. The molecule has 4 amide bonds. The molecule has 34 heavy (non-hydrogen) atoms. The summed E-state index contributed by atoms with van der Waals surface area (Å²) < 4.78 is 5.59. The second-order valence-electron chi connectivity index (χ2n) is 10.3. The molecule has 4 aliphatic heterocycles. The largest absolute Gasteiger partial charge is 0.461 e. The maximum absolute atomic E-state index is 13.5. The first kappa shape index (κ1) is 24.5. The molecular weight excluding hydrogens is 440 g/mol. The van der Waals surface area contributed by atoms with Crippen molar-refractivity contribution in [3.8, 4) is 0 Å². The second kappa shape index (κ2) is 9.92. The highest BCUT2D eigenvalue weighted by Crippen LogP contribution is 2.28. The Balaban J connectivity index is 1.64. The molecule has 0 aliphatic carbocycles. The van der Waals surface area contributed by atoms with Gasteiger partial charge in [0.25, 0.3) is 0 Å². The molecule has 0 aromatic heterocycles. The van der Waals surface area contributed by atoms with E-state index in [4.69, 9.17) is 4.74 Å². The molecule has 4 aliphatic rings. The normalized spacial score (nSPS) is 36.1. The van der Waals surface area contributed by atoms with Crippen LogP contribution in [0.5, 0.6) is 0 Å². The van der Waals surface area contributed by atoms with Gasteiger partial charge in [0.15, 0.2) is 0 Å². The van der Waals surface area contributed by atoms with Crippen LogP contribution in [0.3, 0.4) is 0 Å². The molecule has 0 saturated carbocycles. The number of hydrogen-bond acceptors (Lipinski definition) is 6. The summed E-state index contributed by atoms with van der Waals surface area (Å²) >= 11 is 0. The van der Waals surface area contributed by atoms with E-state index in [9.17, 15) is 24.0 Å². The summed E-state index contributed by atoms with van der Waals surface area (Å²) in [5, 5.41) is 2.79. The Morgan fingerprint density at radius 1 is 0.794 bits per heavy atom. The van der Waals surface area contributed by atoms with E-state index in [1.54, 1.807) is 23.6 Å². The molecule has 4 rings (SSSR count). The van der Waals surface area contributed by atoms with Crippen LogP contribution in [0, 0.1) is 5.92 Å². The number of ether oxygens (including phenoxy) is 1. The Morgan fingerprint density at radius 2 is 1.50 bits per heavy atom. The van der Waals surface area contributed by atoms with Gasteiger partial charge in [0, 0.05) is 19.6 Å². The molecule has 0 spiro atoms. The molecule has 0 aromatic rings. The maximum atomic E-state index is 13.5. The minimum atomic E-state index is -0.832. The number of carbonyl (C=O) groups is 5. The first-order valence-corrected chi connectivity index (χ1v) is 12.6. The number of piperidine rings is 1. The Morgan fingerprint density at radius 3 is 2.26 bits per heavy atom. The number of fused-ring (bicyclic) bond motifs is 3. The zero-order valence-corrected chi connectivity index (χ0v) is 20.3. The van der Waals surface area contributed by atoms with Crippen molar-refractivity contribution < 1.29 is 28.7 Å². The Labute approximate surface area is 200 Å². The highest BCUT2D eigenvalue weighted by Gasteiger charge is 2.44. The van der Waals surface area contributed by atoms with Gasteiger partial charge in [-0.3, -0.25) is 19.2 Å². The molecule has 6 atom stereocenters. The van der Waals surface area contributed by atoms with E-state index in [1.807, 2.05) is 6.92 Å². The fourth-order valence-corrected chi connectivity index (χ4v) is 5.80. The summed E-state index contributed by atoms with van der Waals surface area (Å²) in [6, 6.07) is -2.84. The van der Waals surface area contributed by atoms with Crippen LogP contribution in [-0.2, 0) is 28.7 Å². The molecule has 0 radical (unpaired) electrons. The van der Waals surface area contributed by atoms with Gasteiger partial charge in [0.05, 0.1) is 6.42 Å². The minimum absolute atomic E-state index is 0.0218. The minimum Gasteiger partial charge on any atom is -0.461 e. The van der Waals surface area contributed by atoms with Gasteiger partial charge in [0.1, 0.15) is 30.3 Å². The van der Waals surface area contributed by atoms with Gasteiger partial charge in [-0.2, -0.15) is 0 Å². The van der Waals surface area contributed by atoms with Crippen molar-refractivity contribution in [1.82, 2.24) is 20.0 Å². The number of carbonyl (C=O) groups excluding carboxylic acids is 5. The number of amides is 4. The summed E-state index contributed by atoms with van der Waals surface area (Å²) in [6.07, 6.45) is 3.17. The van der Waals surface area contributed by atoms with Gasteiger partial charge >= 0.3 is 5.97 Å². The second-order valence-corrected chi connectivity index (χ2v) is 10.3. The van der Waals surface area contributed by atoms with E-state index in [0.717, 1.165) is 12.8 Å². The standard InChI is InChI=1S/C24H36N4O6/c1-14-11-19-24(33)34-15(2)12-20(29)26-10-6-8-18(26)23(32)27-9-5-4-7-17(27)21(30)25-16(3)22(31)28(19)13-14/h14-19H,4-13H2,1-3H3,(H,25,30)/t14-,15+,16+,17+,18+,19+/m1/s1. The molecule has 188 valence electrons. The lowest BCUT2D eigenvalue weighted by atomic mass is 9.99. The van der Waals surface area contributed by atoms with Crippen LogP contribution in [0.1, 0.15) is 65.7 Å². The third-order valence-corrected chi connectivity index (χ3v) is 7.52. The maximum Gasteiger partial charge on any atom is 0.329 e. The van der Waals surface area contributed by atoms with Gasteiger partial charge in [-0.15, -0.1) is 0 Å². The number of nitrogens with one attached hydrogen (secondary N) is 1. The third kappa shape index (κ3) is 4.77. The molecular formula is C24H36N4O6. The predicted octanol–water partition coefficient (Wildman–Crippen LogP) is 0.436. The number of rotatable bonds is 0. The van der Waals surface area contributed by atoms with E-state index >= 15 is 0 Å². The Kier molecular flexibility index (Phi) is 7.14. The molecule has 10 heteroatoms. The molecule has 0 unspecified atom stereocenters. The summed E-state index contributed by atoms with van der Waals surface area (Å²) in [5.74, 6) is -1.57. The number of nitrogens with zero attached hydrogens (tertiary/aromatic N) is 3. The summed E-state index contributed by atoms with van der Waals surface area (Å²) in [4.78, 5) is 70.6. The van der Waals surface area contributed by atoms with Crippen molar-refractivity contribution in [2.24, 2.45) is 5.92 Å². The fraction of sp³-hybridized carbons (Fsp3) is 0.792. The molecule has 4 saturated heterocycles. The van der Waals surface area contributed by atoms with Crippen LogP contribution in [0.4, 0.5) is 0 Å². The highest BCUT2D eigenvalue weighted by molar-refractivity contribution is 5.95. The Bertz CT molecular complexity index is 862. The summed E-state index contributed by atoms with van der Waals surface area (Å²) in [6.45, 7) is 6.57. The number of esters is 1. The van der Waals surface area contributed by atoms with E-state index in [0.29, 0.717) is 45.3 Å². The SMILES string of the molecule is C[C@@H]1C[C@H]2C(=O)O[C@@H](C)CC(=O)N3CCC[C@H]3C(=O)N3CCCC[C@H]3C(=O)N[C@@H](C)C(=O)N2C1. The van der Waals surface area contributed by atoms with Crippen LogP contribution in [0.2, 0.25) is 0 Å². The van der Waals surface area contributed by atoms with E-state index in [2.05, 4.69) is 5.32 Å². The average molecular weight is 477 g/mol. The smallest absolute Gasteiger partial charge is 0.329 e. The molecule has 10 nitrogen and oxygen atoms in total. The topological polar surface area (TPSA) is 116 Å². The monoisotopic (exact) mass is 476 g/mol. The van der Waals surface area contributed by atoms with Crippen molar-refractivity contribution >= 4 is 29.6 Å². The van der Waals surface area contributed by atoms with Crippen molar-refractivity contribution in [2.45, 2.75) is 96.0 Å². The number of hydrogen-bond donors (Lipinski definition) is 1. The summed E-state index contributed by atoms with van der Waals surface area (Å²) in [5.41, 5.74) is 0. The fourth-order valence-electron chi connectivity index (χ4n) is 5.80. The molecule has 4 heterocycles. The third-order valence-electron chi connectivity index (χ3n) is 7.52. The van der Waals surface area contributed by atoms with Crippen molar-refractivity contribution in [2.75, 3.05) is 19.6 Å². The van der Waals surface area contributed by atoms with Crippen molar-refractivity contribution in [3.05, 3.63) is 0 Å². The quantitative estimate of drug-likeness (QED) is 0.507. The van der Waals surface area contributed by atoms with E-state index in [1.165, 1.54) is 4.90 Å². The van der Waals surface area contributed by atoms with Gasteiger partial charge in [-0.1, -0.05) is 6.92 Å². The molecule has 0 bridgehead atoms. The van der Waals surface area contributed by atoms with E-state index < -0.39 is 36.2 Å². The zero-order chi connectivity index (χ0) is 24.6. The van der Waals surface area contributed by atoms with Gasteiger partial charge < -0.3 is 24.8 Å². The molecule has 1 N–H and O–H groups in total. The van der Waals surface area contributed by atoms with Gasteiger partial charge in [-0.05, 0) is 58.3 Å². The van der Waals surface area contributed by atoms with Gasteiger partial charge in [-0.25, -0.2) is 4.79 Å². The average Bonchev–Trinajstić information content (AvgIpc) is 3.44. The van der Waals surface area contributed by atoms with Crippen LogP contribution < -0.4 is 5.32 Å². The molecule has 0 aromatic carbocycles. The van der Waals surface area contributed by atoms with Crippen LogP contribution in [0.15, 0.2) is 0 Å². The Hall–Kier alpha value is -2.65. The van der Waals surface area contributed by atoms with Gasteiger partial charge in [0.2, 0.25) is 23.6 Å². The zero-order valence-electron chi connectivity index (χ0n) is 20.3. The lowest BCUT2D eigenvalue weighted by molar-refractivity contribution is -0.160. The summed E-state index contributed by atoms with van der Waals surface area (Å²) in [7, 11) is 0. The molecule has 4 fully saturated rings. The van der Waals surface area contributed by atoms with Crippen molar-refractivity contribution in [3.63, 3.8) is 0 Å². The lowest BCUT2D eigenvalue weighted by Crippen LogP contribution is -2.59. The van der Waals surface area contributed by atoms with Crippen LogP contribution in [-0.4, -0.2) is 94.2 Å². The number of cyclic esters (lactones) is 1. The first-order valence-electron chi connectivity index (χ1n) is 12.6. The first-order chi connectivity index (χ1) is 16.2. The van der Waals surface area contributed by atoms with Crippen LogP contribution in [0.25, 0.3) is 0 Å².